The van der Waals surface area contributed by atoms with E-state index in [1.165, 1.54) is 25.6 Å². The van der Waals surface area contributed by atoms with Gasteiger partial charge in [-0.2, -0.15) is 11.8 Å². The van der Waals surface area contributed by atoms with Gasteiger partial charge in [-0.05, 0) is 26.0 Å². The number of thioether (sulfide) groups is 1. The van der Waals surface area contributed by atoms with Gasteiger partial charge in [0.25, 0.3) is 0 Å². The van der Waals surface area contributed by atoms with Crippen molar-refractivity contribution >= 4 is 17.6 Å². The lowest BCUT2D eigenvalue weighted by atomic mass is 9.84. The maximum absolute atomic E-state index is 13.6. The lowest BCUT2D eigenvalue weighted by Crippen LogP contribution is -2.40. The van der Waals surface area contributed by atoms with Crippen molar-refractivity contribution in [2.24, 2.45) is 0 Å². The molecule has 1 fully saturated rings. The molecule has 1 aromatic heterocycles. The monoisotopic (exact) mass is 241 g/mol. The first kappa shape index (κ1) is 11.6. The maximum Gasteiger partial charge on any atom is 0.186 e. The first-order chi connectivity index (χ1) is 7.67. The van der Waals surface area contributed by atoms with E-state index in [-0.39, 0.29) is 10.6 Å². The molecule has 1 saturated carbocycles. The highest BCUT2D eigenvalue weighted by atomic mass is 32.2. The highest BCUT2D eigenvalue weighted by molar-refractivity contribution is 8.00. The third-order valence-electron chi connectivity index (χ3n) is 3.24. The van der Waals surface area contributed by atoms with Crippen LogP contribution in [-0.4, -0.2) is 27.5 Å². The van der Waals surface area contributed by atoms with Gasteiger partial charge in [0.05, 0.1) is 5.69 Å². The topological polar surface area (TPSA) is 37.8 Å². The molecule has 1 aliphatic rings. The van der Waals surface area contributed by atoms with Crippen LogP contribution in [0.2, 0.25) is 0 Å². The van der Waals surface area contributed by atoms with Crippen molar-refractivity contribution < 1.29 is 4.39 Å². The summed E-state index contributed by atoms with van der Waals surface area (Å²) in [4.78, 5) is 7.74. The minimum absolute atomic E-state index is 0.283. The molecule has 0 aliphatic heterocycles. The van der Waals surface area contributed by atoms with Gasteiger partial charge in [0.2, 0.25) is 0 Å². The zero-order valence-corrected chi connectivity index (χ0v) is 10.4. The number of nitrogens with zero attached hydrogens (tertiary/aromatic N) is 2. The number of aryl methyl sites for hydroxylation is 1. The summed E-state index contributed by atoms with van der Waals surface area (Å²) >= 11 is 1.86. The van der Waals surface area contributed by atoms with Crippen molar-refractivity contribution in [2.45, 2.75) is 30.9 Å². The molecule has 0 bridgehead atoms. The molecule has 0 saturated heterocycles. The van der Waals surface area contributed by atoms with Crippen LogP contribution >= 0.6 is 11.8 Å². The second kappa shape index (κ2) is 4.57. The molecule has 1 heterocycles. The highest BCUT2D eigenvalue weighted by Gasteiger charge is 2.36. The summed E-state index contributed by atoms with van der Waals surface area (Å²) in [6.07, 6.45) is 7.18. The molecule has 0 amide bonds. The summed E-state index contributed by atoms with van der Waals surface area (Å²) in [5.74, 6) is -0.00842. The first-order valence-electron chi connectivity index (χ1n) is 5.43. The second-order valence-corrected chi connectivity index (χ2v) is 5.49. The second-order valence-electron chi connectivity index (χ2n) is 4.22. The van der Waals surface area contributed by atoms with E-state index in [1.54, 1.807) is 6.92 Å². The fourth-order valence-corrected chi connectivity index (χ4v) is 2.76. The lowest BCUT2D eigenvalue weighted by molar-refractivity contribution is 0.379. The molecule has 1 aliphatic carbocycles. The van der Waals surface area contributed by atoms with Crippen LogP contribution in [0.3, 0.4) is 0 Å². The van der Waals surface area contributed by atoms with Gasteiger partial charge < -0.3 is 5.32 Å². The molecule has 0 atom stereocenters. The Hall–Kier alpha value is -0.840. The Labute approximate surface area is 99.3 Å². The molecular formula is C11H16FN3S. The fraction of sp³-hybridized carbons (Fsp3) is 0.636. The molecule has 1 aromatic rings. The van der Waals surface area contributed by atoms with Crippen molar-refractivity contribution in [2.75, 3.05) is 18.1 Å². The normalized spacial score (nSPS) is 17.9. The lowest BCUT2D eigenvalue weighted by Gasteiger charge is -2.40. The van der Waals surface area contributed by atoms with Gasteiger partial charge >= 0.3 is 0 Å². The standard InChI is InChI=1S/C11H16FN3S/c1-8-9(12)10(15-7-14-8)13-6-11(16-2)4-3-5-11/h7H,3-6H2,1-2H3,(H,13,14,15). The van der Waals surface area contributed by atoms with Gasteiger partial charge in [-0.1, -0.05) is 6.42 Å². The van der Waals surface area contributed by atoms with Crippen LogP contribution in [0.15, 0.2) is 6.33 Å². The zero-order valence-electron chi connectivity index (χ0n) is 9.59. The van der Waals surface area contributed by atoms with Crippen molar-refractivity contribution in [3.05, 3.63) is 17.8 Å². The van der Waals surface area contributed by atoms with Crippen molar-refractivity contribution in [1.29, 1.82) is 0 Å². The summed E-state index contributed by atoms with van der Waals surface area (Å²) in [7, 11) is 0. The number of aromatic nitrogens is 2. The van der Waals surface area contributed by atoms with Crippen LogP contribution in [0.25, 0.3) is 0 Å². The third kappa shape index (κ3) is 2.14. The Morgan fingerprint density at radius 1 is 1.50 bits per heavy atom. The number of rotatable bonds is 4. The molecule has 2 rings (SSSR count). The fourth-order valence-electron chi connectivity index (χ4n) is 1.85. The molecule has 0 spiro atoms. The van der Waals surface area contributed by atoms with Crippen LogP contribution in [0.1, 0.15) is 25.0 Å². The third-order valence-corrected chi connectivity index (χ3v) is 4.66. The zero-order chi connectivity index (χ0) is 11.6. The highest BCUT2D eigenvalue weighted by Crippen LogP contribution is 2.42. The smallest absolute Gasteiger partial charge is 0.186 e. The maximum atomic E-state index is 13.6. The number of nitrogens with one attached hydrogen (secondary N) is 1. The van der Waals surface area contributed by atoms with E-state index in [0.29, 0.717) is 11.5 Å². The van der Waals surface area contributed by atoms with E-state index >= 15 is 0 Å². The van der Waals surface area contributed by atoms with Crippen LogP contribution in [0, 0.1) is 12.7 Å². The number of anilines is 1. The number of hydrogen-bond acceptors (Lipinski definition) is 4. The predicted molar refractivity (Wildman–Crippen MR) is 65.3 cm³/mol. The Kier molecular flexibility index (Phi) is 3.33. The molecule has 0 aromatic carbocycles. The molecular weight excluding hydrogens is 225 g/mol. The number of hydrogen-bond donors (Lipinski definition) is 1. The Morgan fingerprint density at radius 3 is 2.81 bits per heavy atom. The average Bonchev–Trinajstić information content (AvgIpc) is 2.23. The quantitative estimate of drug-likeness (QED) is 0.879. The van der Waals surface area contributed by atoms with Crippen molar-refractivity contribution in [3.8, 4) is 0 Å². The van der Waals surface area contributed by atoms with Gasteiger partial charge in [0, 0.05) is 11.3 Å². The largest absolute Gasteiger partial charge is 0.366 e. The Balaban J connectivity index is 2.02. The summed E-state index contributed by atoms with van der Waals surface area (Å²) in [6.45, 7) is 2.43. The van der Waals surface area contributed by atoms with Gasteiger partial charge in [-0.3, -0.25) is 0 Å². The SMILES string of the molecule is CSC1(CNc2ncnc(C)c2F)CCC1. The van der Waals surface area contributed by atoms with Crippen LogP contribution < -0.4 is 5.32 Å². The Bertz CT molecular complexity index is 374. The summed E-state index contributed by atoms with van der Waals surface area (Å²) in [5, 5.41) is 3.10. The van der Waals surface area contributed by atoms with Gasteiger partial charge in [-0.15, -0.1) is 0 Å². The minimum atomic E-state index is -0.335. The first-order valence-corrected chi connectivity index (χ1v) is 6.65. The molecule has 0 unspecified atom stereocenters. The van der Waals surface area contributed by atoms with Crippen LogP contribution in [-0.2, 0) is 0 Å². The summed E-state index contributed by atoms with van der Waals surface area (Å²) in [6, 6.07) is 0. The van der Waals surface area contributed by atoms with Crippen molar-refractivity contribution in [3.63, 3.8) is 0 Å². The van der Waals surface area contributed by atoms with Gasteiger partial charge in [0.15, 0.2) is 11.6 Å². The Morgan fingerprint density at radius 2 is 2.25 bits per heavy atom. The van der Waals surface area contributed by atoms with E-state index in [0.717, 1.165) is 6.54 Å². The number of halogens is 1. The van der Waals surface area contributed by atoms with Crippen molar-refractivity contribution in [1.82, 2.24) is 9.97 Å². The molecule has 1 N–H and O–H groups in total. The summed E-state index contributed by atoms with van der Waals surface area (Å²) < 4.78 is 13.9. The van der Waals surface area contributed by atoms with Gasteiger partial charge in [0.1, 0.15) is 6.33 Å². The molecule has 5 heteroatoms. The van der Waals surface area contributed by atoms with E-state index in [2.05, 4.69) is 21.5 Å². The van der Waals surface area contributed by atoms with E-state index in [4.69, 9.17) is 0 Å². The molecule has 16 heavy (non-hydrogen) atoms. The molecule has 3 nitrogen and oxygen atoms in total. The van der Waals surface area contributed by atoms with Crippen LogP contribution in [0.4, 0.5) is 10.2 Å². The molecule has 0 radical (unpaired) electrons. The van der Waals surface area contributed by atoms with E-state index < -0.39 is 0 Å². The van der Waals surface area contributed by atoms with Crippen LogP contribution in [0.5, 0.6) is 0 Å². The predicted octanol–water partition coefficient (Wildman–Crippen LogP) is 2.62. The van der Waals surface area contributed by atoms with E-state index in [1.807, 2.05) is 11.8 Å². The minimum Gasteiger partial charge on any atom is -0.366 e. The average molecular weight is 241 g/mol. The molecule has 88 valence electrons. The van der Waals surface area contributed by atoms with Gasteiger partial charge in [-0.25, -0.2) is 14.4 Å². The summed E-state index contributed by atoms with van der Waals surface area (Å²) in [5.41, 5.74) is 0.393. The van der Waals surface area contributed by atoms with E-state index in [9.17, 15) is 4.39 Å².